The molecule has 0 aliphatic carbocycles. The molecule has 2 N–H and O–H groups in total. The molecule has 2 heterocycles. The molecule has 1 aliphatic heterocycles. The van der Waals surface area contributed by atoms with Crippen LogP contribution in [0, 0.1) is 5.92 Å². The zero-order valence-corrected chi connectivity index (χ0v) is 19.3. The maximum absolute atomic E-state index is 12.8. The average Bonchev–Trinajstić information content (AvgIpc) is 3.15. The lowest BCUT2D eigenvalue weighted by Crippen LogP contribution is -2.44. The number of carbonyl (C=O) groups excluding carboxylic acids is 2. The number of hydrogen-bond donors (Lipinski definition) is 1. The van der Waals surface area contributed by atoms with Crippen molar-refractivity contribution in [1.82, 2.24) is 24.6 Å². The third-order valence-corrected chi connectivity index (χ3v) is 6.69. The summed E-state index contributed by atoms with van der Waals surface area (Å²) in [5.74, 6) is 0.592. The van der Waals surface area contributed by atoms with E-state index in [1.807, 2.05) is 32.3 Å². The first-order chi connectivity index (χ1) is 14.9. The molecule has 0 saturated carbocycles. The van der Waals surface area contributed by atoms with Crippen LogP contribution >= 0.6 is 11.8 Å². The molecule has 2 aromatic rings. The van der Waals surface area contributed by atoms with E-state index in [0.717, 1.165) is 35.8 Å². The molecule has 2 amide bonds. The average molecular weight is 445 g/mol. The largest absolute Gasteiger partial charge is 0.369 e. The van der Waals surface area contributed by atoms with Gasteiger partial charge in [-0.25, -0.2) is 0 Å². The monoisotopic (exact) mass is 444 g/mol. The van der Waals surface area contributed by atoms with Gasteiger partial charge in [-0.15, -0.1) is 10.2 Å². The maximum atomic E-state index is 12.8. The molecule has 0 spiro atoms. The van der Waals surface area contributed by atoms with Gasteiger partial charge >= 0.3 is 0 Å². The van der Waals surface area contributed by atoms with Gasteiger partial charge in [-0.3, -0.25) is 14.5 Å². The van der Waals surface area contributed by atoms with E-state index in [0.29, 0.717) is 19.6 Å². The van der Waals surface area contributed by atoms with Gasteiger partial charge in [0.25, 0.3) is 0 Å². The Labute approximate surface area is 188 Å². The van der Waals surface area contributed by atoms with Crippen molar-refractivity contribution in [2.24, 2.45) is 11.7 Å². The Kier molecular flexibility index (Phi) is 8.09. The molecular weight excluding hydrogens is 412 g/mol. The fourth-order valence-electron chi connectivity index (χ4n) is 4.00. The Bertz CT molecular complexity index is 885. The highest BCUT2D eigenvalue weighted by atomic mass is 32.2. The van der Waals surface area contributed by atoms with Gasteiger partial charge in [-0.1, -0.05) is 49.0 Å². The van der Waals surface area contributed by atoms with Gasteiger partial charge in [0.05, 0.1) is 24.3 Å². The predicted molar refractivity (Wildman–Crippen MR) is 122 cm³/mol. The van der Waals surface area contributed by atoms with Crippen LogP contribution in [-0.2, 0) is 16.1 Å². The number of likely N-dealkylation sites (tertiary alicyclic amines) is 1. The Morgan fingerprint density at radius 1 is 1.26 bits per heavy atom. The standard InChI is InChI=1S/C22H32N6O2S/c1-4-18(26(2)3)21-24-25-22(28(21)13-16-9-6-5-7-10-16)31-15-19(29)27-12-8-11-17(14-27)20(23)30/h5-7,9-10,17-18H,4,8,11-15H2,1-3H3,(H2,23,30). The van der Waals surface area contributed by atoms with Crippen LogP contribution < -0.4 is 5.73 Å². The molecule has 0 bridgehead atoms. The summed E-state index contributed by atoms with van der Waals surface area (Å²) in [6, 6.07) is 10.3. The van der Waals surface area contributed by atoms with Crippen LogP contribution in [0.5, 0.6) is 0 Å². The minimum absolute atomic E-state index is 0.00594. The summed E-state index contributed by atoms with van der Waals surface area (Å²) >= 11 is 1.40. The minimum atomic E-state index is -0.327. The number of thioether (sulfide) groups is 1. The minimum Gasteiger partial charge on any atom is -0.369 e. The van der Waals surface area contributed by atoms with Crippen molar-refractivity contribution in [1.29, 1.82) is 0 Å². The molecule has 8 nitrogen and oxygen atoms in total. The fourth-order valence-corrected chi connectivity index (χ4v) is 4.85. The summed E-state index contributed by atoms with van der Waals surface area (Å²) in [5, 5.41) is 9.66. The molecule has 2 unspecified atom stereocenters. The summed E-state index contributed by atoms with van der Waals surface area (Å²) in [6.45, 7) is 3.87. The van der Waals surface area contributed by atoms with Crippen LogP contribution in [-0.4, -0.2) is 69.3 Å². The number of benzene rings is 1. The van der Waals surface area contributed by atoms with E-state index in [1.165, 1.54) is 11.8 Å². The van der Waals surface area contributed by atoms with E-state index in [9.17, 15) is 9.59 Å². The number of aromatic nitrogens is 3. The molecule has 2 atom stereocenters. The van der Waals surface area contributed by atoms with Crippen molar-refractivity contribution >= 4 is 23.6 Å². The van der Waals surface area contributed by atoms with Gasteiger partial charge in [0, 0.05) is 13.1 Å². The van der Waals surface area contributed by atoms with Crippen molar-refractivity contribution in [2.45, 2.75) is 43.9 Å². The first-order valence-electron chi connectivity index (χ1n) is 10.7. The number of piperidine rings is 1. The van der Waals surface area contributed by atoms with Gasteiger partial charge in [0.15, 0.2) is 11.0 Å². The van der Waals surface area contributed by atoms with Gasteiger partial charge in [0.2, 0.25) is 11.8 Å². The lowest BCUT2D eigenvalue weighted by Gasteiger charge is -2.31. The zero-order chi connectivity index (χ0) is 22.4. The van der Waals surface area contributed by atoms with E-state index in [2.05, 4.69) is 38.7 Å². The first kappa shape index (κ1) is 23.3. The van der Waals surface area contributed by atoms with Crippen LogP contribution in [0.3, 0.4) is 0 Å². The molecule has 31 heavy (non-hydrogen) atoms. The number of rotatable bonds is 9. The topological polar surface area (TPSA) is 97.4 Å². The summed E-state index contributed by atoms with van der Waals surface area (Å²) in [5.41, 5.74) is 6.61. The highest BCUT2D eigenvalue weighted by molar-refractivity contribution is 7.99. The van der Waals surface area contributed by atoms with Crippen molar-refractivity contribution in [3.63, 3.8) is 0 Å². The molecule has 9 heteroatoms. The molecule has 0 radical (unpaired) electrons. The number of amides is 2. The van der Waals surface area contributed by atoms with Crippen molar-refractivity contribution in [3.8, 4) is 0 Å². The molecule has 1 fully saturated rings. The molecule has 1 aromatic carbocycles. The highest BCUT2D eigenvalue weighted by Gasteiger charge is 2.28. The highest BCUT2D eigenvalue weighted by Crippen LogP contribution is 2.27. The first-order valence-corrected chi connectivity index (χ1v) is 11.7. The van der Waals surface area contributed by atoms with E-state index in [4.69, 9.17) is 5.73 Å². The predicted octanol–water partition coefficient (Wildman–Crippen LogP) is 2.16. The van der Waals surface area contributed by atoms with Crippen LogP contribution in [0.1, 0.15) is 43.6 Å². The van der Waals surface area contributed by atoms with E-state index >= 15 is 0 Å². The second-order valence-corrected chi connectivity index (χ2v) is 9.11. The van der Waals surface area contributed by atoms with Crippen molar-refractivity contribution in [2.75, 3.05) is 32.9 Å². The van der Waals surface area contributed by atoms with Crippen LogP contribution in [0.4, 0.5) is 0 Å². The van der Waals surface area contributed by atoms with Crippen LogP contribution in [0.15, 0.2) is 35.5 Å². The summed E-state index contributed by atoms with van der Waals surface area (Å²) < 4.78 is 2.11. The molecule has 1 saturated heterocycles. The lowest BCUT2D eigenvalue weighted by molar-refractivity contribution is -0.132. The van der Waals surface area contributed by atoms with Gasteiger partial charge in [-0.2, -0.15) is 0 Å². The lowest BCUT2D eigenvalue weighted by atomic mass is 9.97. The van der Waals surface area contributed by atoms with Crippen molar-refractivity contribution < 1.29 is 9.59 Å². The van der Waals surface area contributed by atoms with Gasteiger partial charge in [0.1, 0.15) is 0 Å². The van der Waals surface area contributed by atoms with E-state index in [-0.39, 0.29) is 29.5 Å². The zero-order valence-electron chi connectivity index (χ0n) is 18.5. The molecule has 3 rings (SSSR count). The normalized spacial score (nSPS) is 17.7. The van der Waals surface area contributed by atoms with Crippen LogP contribution in [0.2, 0.25) is 0 Å². The molecular formula is C22H32N6O2S. The third-order valence-electron chi connectivity index (χ3n) is 5.74. The van der Waals surface area contributed by atoms with Gasteiger partial charge < -0.3 is 15.2 Å². The third kappa shape index (κ3) is 5.86. The quantitative estimate of drug-likeness (QED) is 0.595. The van der Waals surface area contributed by atoms with Crippen LogP contribution in [0.25, 0.3) is 0 Å². The van der Waals surface area contributed by atoms with E-state index < -0.39 is 0 Å². The number of nitrogens with zero attached hydrogens (tertiary/aromatic N) is 5. The SMILES string of the molecule is CCC(c1nnc(SCC(=O)N2CCCC(C(N)=O)C2)n1Cc1ccccc1)N(C)C. The number of hydrogen-bond acceptors (Lipinski definition) is 6. The smallest absolute Gasteiger partial charge is 0.233 e. The van der Waals surface area contributed by atoms with Gasteiger partial charge in [-0.05, 0) is 38.9 Å². The number of carbonyl (C=O) groups is 2. The summed E-state index contributed by atoms with van der Waals surface area (Å²) in [6.07, 6.45) is 2.47. The molecule has 1 aliphatic rings. The molecule has 1 aromatic heterocycles. The number of primary amides is 1. The Balaban J connectivity index is 1.76. The maximum Gasteiger partial charge on any atom is 0.233 e. The Morgan fingerprint density at radius 2 is 2.00 bits per heavy atom. The molecule has 168 valence electrons. The number of nitrogens with two attached hydrogens (primary N) is 1. The summed E-state index contributed by atoms with van der Waals surface area (Å²) in [4.78, 5) is 28.2. The fraction of sp³-hybridized carbons (Fsp3) is 0.545. The Morgan fingerprint density at radius 3 is 2.65 bits per heavy atom. The Hall–Kier alpha value is -2.39. The second kappa shape index (κ2) is 10.8. The van der Waals surface area contributed by atoms with E-state index in [1.54, 1.807) is 4.90 Å². The second-order valence-electron chi connectivity index (χ2n) is 8.17. The van der Waals surface area contributed by atoms with Crippen molar-refractivity contribution in [3.05, 3.63) is 41.7 Å². The summed E-state index contributed by atoms with van der Waals surface area (Å²) in [7, 11) is 4.08.